The first-order valence-electron chi connectivity index (χ1n) is 8.81. The van der Waals surface area contributed by atoms with Crippen LogP contribution in [0.5, 0.6) is 11.5 Å². The molecule has 30 heavy (non-hydrogen) atoms. The van der Waals surface area contributed by atoms with Crippen molar-refractivity contribution in [2.24, 2.45) is 0 Å². The van der Waals surface area contributed by atoms with Gasteiger partial charge in [0, 0.05) is 29.2 Å². The zero-order chi connectivity index (χ0) is 21.4. The molecule has 1 unspecified atom stereocenters. The van der Waals surface area contributed by atoms with Gasteiger partial charge in [0.25, 0.3) is 0 Å². The summed E-state index contributed by atoms with van der Waals surface area (Å²) in [5.74, 6) is -2.74. The molecule has 152 valence electrons. The van der Waals surface area contributed by atoms with Gasteiger partial charge < -0.3 is 9.47 Å². The number of nitriles is 1. The van der Waals surface area contributed by atoms with E-state index in [0.717, 1.165) is 23.8 Å². The van der Waals surface area contributed by atoms with Crippen molar-refractivity contribution in [2.75, 3.05) is 0 Å². The standard InChI is InChI=1S/C22H12ClF4NO2/c23-20-14(24)9-17-13(8-16(29-17)11-4-2-1-3-5-11)19(20)18-12(10-28)6-7-15(21(18)25)30-22(26)27/h1-7,9,16,22H,8H2. The second-order valence-corrected chi connectivity index (χ2v) is 6.91. The number of alkyl halides is 2. The van der Waals surface area contributed by atoms with E-state index in [1.54, 1.807) is 6.07 Å². The van der Waals surface area contributed by atoms with Crippen LogP contribution in [0.3, 0.4) is 0 Å². The third-order valence-corrected chi connectivity index (χ3v) is 5.18. The first-order chi connectivity index (χ1) is 14.4. The molecule has 1 aliphatic heterocycles. The topological polar surface area (TPSA) is 42.2 Å². The summed E-state index contributed by atoms with van der Waals surface area (Å²) in [5.41, 5.74) is 0.464. The molecule has 0 aromatic heterocycles. The maximum atomic E-state index is 15.1. The van der Waals surface area contributed by atoms with E-state index >= 15 is 4.39 Å². The Balaban J connectivity index is 1.91. The fourth-order valence-corrected chi connectivity index (χ4v) is 3.79. The highest BCUT2D eigenvalue weighted by molar-refractivity contribution is 6.34. The van der Waals surface area contributed by atoms with Crippen LogP contribution in [0, 0.1) is 23.0 Å². The summed E-state index contributed by atoms with van der Waals surface area (Å²) in [6, 6.07) is 14.0. The van der Waals surface area contributed by atoms with E-state index in [0.29, 0.717) is 5.56 Å². The van der Waals surface area contributed by atoms with Crippen LogP contribution in [-0.4, -0.2) is 6.61 Å². The predicted octanol–water partition coefficient (Wildman–Crippen LogP) is 6.43. The van der Waals surface area contributed by atoms with Gasteiger partial charge in [-0.15, -0.1) is 0 Å². The lowest BCUT2D eigenvalue weighted by atomic mass is 9.91. The zero-order valence-corrected chi connectivity index (χ0v) is 15.9. The lowest BCUT2D eigenvalue weighted by Crippen LogP contribution is -2.06. The largest absolute Gasteiger partial charge is 0.485 e. The van der Waals surface area contributed by atoms with Crippen LogP contribution in [0.15, 0.2) is 48.5 Å². The normalized spacial score (nSPS) is 14.9. The number of rotatable bonds is 4. The number of benzene rings is 3. The Morgan fingerprint density at radius 1 is 1.10 bits per heavy atom. The minimum atomic E-state index is -3.28. The molecule has 0 bridgehead atoms. The number of nitrogens with zero attached hydrogens (tertiary/aromatic N) is 1. The van der Waals surface area contributed by atoms with E-state index in [1.165, 1.54) is 0 Å². The van der Waals surface area contributed by atoms with Crippen LogP contribution in [0.4, 0.5) is 17.6 Å². The second-order valence-electron chi connectivity index (χ2n) is 6.54. The zero-order valence-electron chi connectivity index (χ0n) is 15.1. The van der Waals surface area contributed by atoms with Gasteiger partial charge in [-0.2, -0.15) is 14.0 Å². The number of hydrogen-bond acceptors (Lipinski definition) is 3. The fourth-order valence-electron chi connectivity index (χ4n) is 3.52. The number of hydrogen-bond donors (Lipinski definition) is 0. The van der Waals surface area contributed by atoms with Crippen molar-refractivity contribution in [2.45, 2.75) is 19.1 Å². The Morgan fingerprint density at radius 2 is 1.83 bits per heavy atom. The number of ether oxygens (including phenoxy) is 2. The smallest absolute Gasteiger partial charge is 0.387 e. The summed E-state index contributed by atoms with van der Waals surface area (Å²) in [6.07, 6.45) is -0.259. The first-order valence-corrected chi connectivity index (χ1v) is 9.18. The molecule has 0 fully saturated rings. The summed E-state index contributed by atoms with van der Waals surface area (Å²) in [7, 11) is 0. The molecule has 1 aliphatic rings. The third kappa shape index (κ3) is 3.44. The van der Waals surface area contributed by atoms with Crippen LogP contribution in [0.1, 0.15) is 22.8 Å². The molecule has 0 spiro atoms. The van der Waals surface area contributed by atoms with Gasteiger partial charge >= 0.3 is 6.61 Å². The molecule has 1 heterocycles. The quantitative estimate of drug-likeness (QED) is 0.445. The summed E-state index contributed by atoms with van der Waals surface area (Å²) in [5, 5.41) is 9.01. The Hall–Kier alpha value is -3.24. The minimum Gasteiger partial charge on any atom is -0.485 e. The van der Waals surface area contributed by atoms with Crippen LogP contribution in [0.25, 0.3) is 11.1 Å². The van der Waals surface area contributed by atoms with Crippen molar-refractivity contribution < 1.29 is 27.0 Å². The van der Waals surface area contributed by atoms with E-state index in [2.05, 4.69) is 4.74 Å². The molecule has 1 atom stereocenters. The van der Waals surface area contributed by atoms with Crippen molar-refractivity contribution in [3.05, 3.63) is 81.9 Å². The van der Waals surface area contributed by atoms with Crippen molar-refractivity contribution in [3.8, 4) is 28.7 Å². The molecule has 0 aliphatic carbocycles. The summed E-state index contributed by atoms with van der Waals surface area (Å²) in [6.45, 7) is -3.28. The number of fused-ring (bicyclic) bond motifs is 1. The summed E-state index contributed by atoms with van der Waals surface area (Å²) >= 11 is 6.17. The minimum absolute atomic E-state index is 0.112. The highest BCUT2D eigenvalue weighted by atomic mass is 35.5. The van der Waals surface area contributed by atoms with Crippen molar-refractivity contribution >= 4 is 11.6 Å². The molecule has 0 saturated carbocycles. The van der Waals surface area contributed by atoms with Gasteiger partial charge in [0.1, 0.15) is 17.7 Å². The fraction of sp³-hybridized carbons (Fsp3) is 0.136. The molecule has 8 heteroatoms. The van der Waals surface area contributed by atoms with Gasteiger partial charge in [-0.1, -0.05) is 41.9 Å². The van der Waals surface area contributed by atoms with Gasteiger partial charge in [-0.3, -0.25) is 0 Å². The van der Waals surface area contributed by atoms with Gasteiger partial charge in [-0.25, -0.2) is 8.78 Å². The highest BCUT2D eigenvalue weighted by Gasteiger charge is 2.33. The van der Waals surface area contributed by atoms with Crippen LogP contribution in [-0.2, 0) is 6.42 Å². The Kier molecular flexibility index (Phi) is 5.27. The second kappa shape index (κ2) is 7.88. The van der Waals surface area contributed by atoms with Gasteiger partial charge in [-0.05, 0) is 17.7 Å². The van der Waals surface area contributed by atoms with Crippen molar-refractivity contribution in [3.63, 3.8) is 0 Å². The van der Waals surface area contributed by atoms with E-state index < -0.39 is 40.7 Å². The maximum Gasteiger partial charge on any atom is 0.387 e. The van der Waals surface area contributed by atoms with Crippen LogP contribution in [0.2, 0.25) is 5.02 Å². The molecule has 0 saturated heterocycles. The van der Waals surface area contributed by atoms with Crippen LogP contribution < -0.4 is 9.47 Å². The van der Waals surface area contributed by atoms with E-state index in [9.17, 15) is 18.4 Å². The molecule has 3 aromatic rings. The summed E-state index contributed by atoms with van der Waals surface area (Å²) in [4.78, 5) is 0. The predicted molar refractivity (Wildman–Crippen MR) is 102 cm³/mol. The molecule has 4 rings (SSSR count). The van der Waals surface area contributed by atoms with Gasteiger partial charge in [0.2, 0.25) is 0 Å². The summed E-state index contributed by atoms with van der Waals surface area (Å²) < 4.78 is 65.1. The molecular weight excluding hydrogens is 422 g/mol. The Morgan fingerprint density at radius 3 is 2.50 bits per heavy atom. The van der Waals surface area contributed by atoms with Crippen molar-refractivity contribution in [1.29, 1.82) is 5.26 Å². The maximum absolute atomic E-state index is 15.1. The van der Waals surface area contributed by atoms with Gasteiger partial charge in [0.15, 0.2) is 11.6 Å². The van der Waals surface area contributed by atoms with Crippen molar-refractivity contribution in [1.82, 2.24) is 0 Å². The Bertz CT molecular complexity index is 1160. The molecule has 0 radical (unpaired) electrons. The van der Waals surface area contributed by atoms with E-state index in [1.807, 2.05) is 30.3 Å². The molecule has 3 nitrogen and oxygen atoms in total. The molecule has 3 aromatic carbocycles. The average Bonchev–Trinajstić information content (AvgIpc) is 3.15. The lowest BCUT2D eigenvalue weighted by Gasteiger charge is -2.15. The number of halogens is 5. The third-order valence-electron chi connectivity index (χ3n) is 4.81. The SMILES string of the molecule is N#Cc1ccc(OC(F)F)c(F)c1-c1c(Cl)c(F)cc2c1CC(c1ccccc1)O2. The van der Waals surface area contributed by atoms with E-state index in [-0.39, 0.29) is 23.3 Å². The van der Waals surface area contributed by atoms with Crippen LogP contribution >= 0.6 is 11.6 Å². The monoisotopic (exact) mass is 433 g/mol. The Labute approximate surface area is 174 Å². The molecule has 0 N–H and O–H groups in total. The first kappa shape index (κ1) is 20.0. The highest BCUT2D eigenvalue weighted by Crippen LogP contribution is 2.48. The van der Waals surface area contributed by atoms with E-state index in [4.69, 9.17) is 16.3 Å². The molecule has 0 amide bonds. The average molecular weight is 434 g/mol. The lowest BCUT2D eigenvalue weighted by molar-refractivity contribution is -0.0521. The molecular formula is C22H12ClF4NO2. The van der Waals surface area contributed by atoms with Gasteiger partial charge in [0.05, 0.1) is 16.7 Å².